The largest absolute Gasteiger partial charge is 0.0879 e. The van der Waals surface area contributed by atoms with E-state index in [1.54, 1.807) is 16.7 Å². The zero-order chi connectivity index (χ0) is 13.4. The van der Waals surface area contributed by atoms with Crippen molar-refractivity contribution in [2.24, 2.45) is 17.8 Å². The average molecular weight is 262 g/mol. The SMILES string of the molecule is C1=CC2=C3/C(=C\C=C/1)CCC/C=C\C3C1CCC=CC21. The van der Waals surface area contributed by atoms with Crippen molar-refractivity contribution in [3.8, 4) is 0 Å². The molecule has 0 aromatic rings. The average Bonchev–Trinajstić information content (AvgIpc) is 2.72. The fraction of sp³-hybridized carbons (Fsp3) is 0.400. The Balaban J connectivity index is 1.89. The van der Waals surface area contributed by atoms with Gasteiger partial charge in [0.1, 0.15) is 0 Å². The highest BCUT2D eigenvalue weighted by Crippen LogP contribution is 2.51. The fourth-order valence-corrected chi connectivity index (χ4v) is 4.37. The normalized spacial score (nSPS) is 40.6. The molecule has 0 aromatic carbocycles. The third kappa shape index (κ3) is 1.90. The number of rotatable bonds is 0. The number of hydrogen-bond donors (Lipinski definition) is 0. The summed E-state index contributed by atoms with van der Waals surface area (Å²) in [6, 6.07) is 0. The van der Waals surface area contributed by atoms with Crippen molar-refractivity contribution in [2.45, 2.75) is 32.1 Å². The van der Waals surface area contributed by atoms with Crippen molar-refractivity contribution in [1.82, 2.24) is 0 Å². The maximum atomic E-state index is 2.52. The molecule has 0 aromatic heterocycles. The van der Waals surface area contributed by atoms with Crippen LogP contribution >= 0.6 is 0 Å². The van der Waals surface area contributed by atoms with Gasteiger partial charge in [0.15, 0.2) is 0 Å². The molecule has 0 radical (unpaired) electrons. The van der Waals surface area contributed by atoms with Gasteiger partial charge < -0.3 is 0 Å². The minimum Gasteiger partial charge on any atom is -0.0879 e. The molecule has 3 atom stereocenters. The van der Waals surface area contributed by atoms with Crippen LogP contribution in [0.3, 0.4) is 0 Å². The molecule has 0 saturated heterocycles. The van der Waals surface area contributed by atoms with Gasteiger partial charge in [-0.05, 0) is 54.7 Å². The van der Waals surface area contributed by atoms with Crippen LogP contribution in [-0.2, 0) is 0 Å². The van der Waals surface area contributed by atoms with E-state index in [0.717, 1.165) is 5.92 Å². The third-order valence-corrected chi connectivity index (χ3v) is 5.24. The Morgan fingerprint density at radius 1 is 0.900 bits per heavy atom. The molecule has 4 aliphatic carbocycles. The predicted molar refractivity (Wildman–Crippen MR) is 85.2 cm³/mol. The van der Waals surface area contributed by atoms with E-state index >= 15 is 0 Å². The van der Waals surface area contributed by atoms with E-state index in [1.165, 1.54) is 32.1 Å². The van der Waals surface area contributed by atoms with Crippen molar-refractivity contribution >= 4 is 0 Å². The van der Waals surface area contributed by atoms with Gasteiger partial charge in [-0.15, -0.1) is 0 Å². The molecule has 0 amide bonds. The van der Waals surface area contributed by atoms with Gasteiger partial charge in [0.05, 0.1) is 0 Å². The van der Waals surface area contributed by atoms with Gasteiger partial charge in [-0.2, -0.15) is 0 Å². The van der Waals surface area contributed by atoms with Gasteiger partial charge >= 0.3 is 0 Å². The first-order valence-electron chi connectivity index (χ1n) is 8.07. The highest BCUT2D eigenvalue weighted by atomic mass is 14.4. The zero-order valence-corrected chi connectivity index (χ0v) is 12.0. The monoisotopic (exact) mass is 262 g/mol. The molecule has 3 unspecified atom stereocenters. The molecular formula is C20H22. The van der Waals surface area contributed by atoms with E-state index in [9.17, 15) is 0 Å². The summed E-state index contributed by atoms with van der Waals surface area (Å²) in [6.45, 7) is 0. The van der Waals surface area contributed by atoms with E-state index in [-0.39, 0.29) is 0 Å². The van der Waals surface area contributed by atoms with E-state index in [2.05, 4.69) is 54.7 Å². The highest BCUT2D eigenvalue weighted by Gasteiger charge is 2.40. The Morgan fingerprint density at radius 3 is 2.80 bits per heavy atom. The summed E-state index contributed by atoms with van der Waals surface area (Å²) < 4.78 is 0. The van der Waals surface area contributed by atoms with Gasteiger partial charge in [0.25, 0.3) is 0 Å². The summed E-state index contributed by atoms with van der Waals surface area (Å²) in [5.41, 5.74) is 4.85. The molecule has 20 heavy (non-hydrogen) atoms. The van der Waals surface area contributed by atoms with Gasteiger partial charge in [-0.25, -0.2) is 0 Å². The van der Waals surface area contributed by atoms with Gasteiger partial charge in [0.2, 0.25) is 0 Å². The first kappa shape index (κ1) is 12.2. The van der Waals surface area contributed by atoms with Crippen molar-refractivity contribution < 1.29 is 0 Å². The minimum absolute atomic E-state index is 0.651. The molecule has 0 fully saturated rings. The first-order valence-corrected chi connectivity index (χ1v) is 8.07. The summed E-state index contributed by atoms with van der Waals surface area (Å²) in [7, 11) is 0. The number of allylic oxidation sites excluding steroid dienone is 12. The topological polar surface area (TPSA) is 0 Å². The smallest absolute Gasteiger partial charge is 0.00608 e. The summed E-state index contributed by atoms with van der Waals surface area (Å²) in [5, 5.41) is 0. The minimum atomic E-state index is 0.651. The Bertz CT molecular complexity index is 577. The van der Waals surface area contributed by atoms with E-state index in [1.807, 2.05) is 0 Å². The summed E-state index contributed by atoms with van der Waals surface area (Å²) in [6.07, 6.45) is 27.6. The summed E-state index contributed by atoms with van der Waals surface area (Å²) >= 11 is 0. The van der Waals surface area contributed by atoms with Crippen molar-refractivity contribution in [3.63, 3.8) is 0 Å². The molecule has 0 N–H and O–H groups in total. The lowest BCUT2D eigenvalue weighted by Gasteiger charge is -2.27. The Labute approximate surface area is 122 Å². The molecule has 0 aliphatic heterocycles. The van der Waals surface area contributed by atoms with Gasteiger partial charge in [-0.1, -0.05) is 54.7 Å². The molecule has 102 valence electrons. The van der Waals surface area contributed by atoms with Crippen LogP contribution < -0.4 is 0 Å². The van der Waals surface area contributed by atoms with Crippen LogP contribution in [-0.4, -0.2) is 0 Å². The predicted octanol–water partition coefficient (Wildman–Crippen LogP) is 5.29. The van der Waals surface area contributed by atoms with Crippen molar-refractivity contribution in [3.05, 3.63) is 71.4 Å². The Morgan fingerprint density at radius 2 is 1.80 bits per heavy atom. The van der Waals surface area contributed by atoms with Crippen LogP contribution in [0.2, 0.25) is 0 Å². The van der Waals surface area contributed by atoms with Crippen LogP contribution in [0.15, 0.2) is 71.4 Å². The second-order valence-electron chi connectivity index (χ2n) is 6.35. The standard InChI is InChI=1S/C20H22/c1-3-9-15-10-4-2-6-14-19-17-12-8-7-11-16(17)18(13-5-1)20(15)19/h1,3,5-7,9,11,13-14,16-17,19H,2,4,8,10,12H2/b3-1-,5-1?,9-3?,13-5?,14-6-,15-9-,18-13?,20-15?. The quantitative estimate of drug-likeness (QED) is 0.520. The van der Waals surface area contributed by atoms with Gasteiger partial charge in [0, 0.05) is 11.8 Å². The van der Waals surface area contributed by atoms with Crippen LogP contribution in [0, 0.1) is 17.8 Å². The number of hydrogen-bond acceptors (Lipinski definition) is 0. The number of fused-ring (bicyclic) bond motifs is 3. The highest BCUT2D eigenvalue weighted by molar-refractivity contribution is 5.53. The molecule has 4 aliphatic rings. The van der Waals surface area contributed by atoms with E-state index in [4.69, 9.17) is 0 Å². The van der Waals surface area contributed by atoms with Crippen LogP contribution in [0.25, 0.3) is 0 Å². The molecule has 0 saturated carbocycles. The first-order chi connectivity index (χ1) is 9.95. The van der Waals surface area contributed by atoms with E-state index < -0.39 is 0 Å². The summed E-state index contributed by atoms with van der Waals surface area (Å²) in [5.74, 6) is 2.10. The van der Waals surface area contributed by atoms with Crippen molar-refractivity contribution in [2.75, 3.05) is 0 Å². The summed E-state index contributed by atoms with van der Waals surface area (Å²) in [4.78, 5) is 0. The maximum absolute atomic E-state index is 2.52. The lowest BCUT2D eigenvalue weighted by molar-refractivity contribution is 0.369. The molecule has 4 rings (SSSR count). The second-order valence-corrected chi connectivity index (χ2v) is 6.35. The lowest BCUT2D eigenvalue weighted by atomic mass is 9.77. The van der Waals surface area contributed by atoms with Crippen molar-refractivity contribution in [1.29, 1.82) is 0 Å². The molecule has 0 bridgehead atoms. The second kappa shape index (κ2) is 5.09. The van der Waals surface area contributed by atoms with Gasteiger partial charge in [-0.3, -0.25) is 0 Å². The molecule has 0 spiro atoms. The Hall–Kier alpha value is -1.56. The molecular weight excluding hydrogens is 240 g/mol. The molecule has 0 heteroatoms. The van der Waals surface area contributed by atoms with Crippen LogP contribution in [0.5, 0.6) is 0 Å². The van der Waals surface area contributed by atoms with E-state index in [0.29, 0.717) is 11.8 Å². The molecule has 0 heterocycles. The molecule has 0 nitrogen and oxygen atoms in total. The maximum Gasteiger partial charge on any atom is 0.00608 e. The van der Waals surface area contributed by atoms with Crippen LogP contribution in [0.4, 0.5) is 0 Å². The Kier molecular flexibility index (Phi) is 3.10. The lowest BCUT2D eigenvalue weighted by Crippen LogP contribution is -2.18. The fourth-order valence-electron chi connectivity index (χ4n) is 4.37. The zero-order valence-electron chi connectivity index (χ0n) is 12.0. The third-order valence-electron chi connectivity index (χ3n) is 5.24. The van der Waals surface area contributed by atoms with Crippen LogP contribution in [0.1, 0.15) is 32.1 Å².